The number of nitrogen functional groups attached to an aromatic ring is 1. The van der Waals surface area contributed by atoms with Gasteiger partial charge in [-0.05, 0) is 12.1 Å². The number of nitrogens with zero attached hydrogens (tertiary/aromatic N) is 2. The molecule has 0 spiro atoms. The Balaban J connectivity index is 2.59. The van der Waals surface area contributed by atoms with Gasteiger partial charge in [0.2, 0.25) is 0 Å². The summed E-state index contributed by atoms with van der Waals surface area (Å²) in [6.07, 6.45) is 0. The average molecular weight is 246 g/mol. The molecule has 1 heterocycles. The van der Waals surface area contributed by atoms with Crippen LogP contribution < -0.4 is 22.3 Å². The van der Waals surface area contributed by atoms with E-state index < -0.39 is 11.2 Å². The fraction of sp³-hybridized carbons (Fsp3) is 0.167. The maximum Gasteiger partial charge on any atom is 0.332 e. The molecule has 94 valence electrons. The van der Waals surface area contributed by atoms with Crippen molar-refractivity contribution in [1.29, 1.82) is 0 Å². The van der Waals surface area contributed by atoms with Gasteiger partial charge in [0.1, 0.15) is 11.5 Å². The van der Waals surface area contributed by atoms with E-state index in [1.807, 2.05) is 30.3 Å². The van der Waals surface area contributed by atoms with Gasteiger partial charge >= 0.3 is 5.69 Å². The van der Waals surface area contributed by atoms with Gasteiger partial charge in [-0.25, -0.2) is 4.79 Å². The third-order valence-electron chi connectivity index (χ3n) is 2.74. The van der Waals surface area contributed by atoms with E-state index in [2.05, 4.69) is 5.32 Å². The fourth-order valence-electron chi connectivity index (χ4n) is 1.68. The average Bonchev–Trinajstić information content (AvgIpc) is 2.40. The Morgan fingerprint density at radius 1 is 1.06 bits per heavy atom. The molecule has 0 aliphatic heterocycles. The van der Waals surface area contributed by atoms with Crippen LogP contribution in [-0.2, 0) is 14.1 Å². The van der Waals surface area contributed by atoms with E-state index in [-0.39, 0.29) is 5.69 Å². The van der Waals surface area contributed by atoms with Gasteiger partial charge in [0.05, 0.1) is 0 Å². The Kier molecular flexibility index (Phi) is 2.93. The minimum absolute atomic E-state index is 0.0171. The van der Waals surface area contributed by atoms with E-state index >= 15 is 0 Å². The van der Waals surface area contributed by atoms with Gasteiger partial charge in [0.15, 0.2) is 0 Å². The van der Waals surface area contributed by atoms with Crippen molar-refractivity contribution >= 4 is 17.2 Å². The largest absolute Gasteiger partial charge is 0.391 e. The second kappa shape index (κ2) is 4.40. The van der Waals surface area contributed by atoms with Crippen molar-refractivity contribution in [3.63, 3.8) is 0 Å². The van der Waals surface area contributed by atoms with Crippen LogP contribution in [0.5, 0.6) is 0 Å². The highest BCUT2D eigenvalue weighted by atomic mass is 16.2. The Hall–Kier alpha value is -2.50. The summed E-state index contributed by atoms with van der Waals surface area (Å²) in [5.41, 5.74) is 5.59. The summed E-state index contributed by atoms with van der Waals surface area (Å²) in [5.74, 6) is 0.300. The molecule has 0 amide bonds. The van der Waals surface area contributed by atoms with Gasteiger partial charge in [-0.15, -0.1) is 0 Å². The second-order valence-corrected chi connectivity index (χ2v) is 3.96. The summed E-state index contributed by atoms with van der Waals surface area (Å²) < 4.78 is 2.29. The van der Waals surface area contributed by atoms with Crippen molar-refractivity contribution in [2.75, 3.05) is 11.1 Å². The van der Waals surface area contributed by atoms with E-state index in [4.69, 9.17) is 5.73 Å². The van der Waals surface area contributed by atoms with Gasteiger partial charge in [0, 0.05) is 19.8 Å². The maximum atomic E-state index is 11.8. The quantitative estimate of drug-likeness (QED) is 0.804. The fourth-order valence-corrected chi connectivity index (χ4v) is 1.68. The Labute approximate surface area is 103 Å². The lowest BCUT2D eigenvalue weighted by atomic mass is 10.3. The zero-order valence-electron chi connectivity index (χ0n) is 10.2. The van der Waals surface area contributed by atoms with Crippen LogP contribution in [0.25, 0.3) is 0 Å². The highest BCUT2D eigenvalue weighted by Crippen LogP contribution is 2.17. The molecule has 1 aromatic heterocycles. The topological polar surface area (TPSA) is 82.1 Å². The number of benzene rings is 1. The van der Waals surface area contributed by atoms with Crippen LogP contribution in [0, 0.1) is 0 Å². The number of aromatic nitrogens is 2. The Morgan fingerprint density at radius 3 is 2.28 bits per heavy atom. The number of hydrogen-bond donors (Lipinski definition) is 2. The lowest BCUT2D eigenvalue weighted by molar-refractivity contribution is 0.696. The number of nitrogens with one attached hydrogen (secondary N) is 1. The molecule has 6 nitrogen and oxygen atoms in total. The molecule has 0 unspecified atom stereocenters. The molecule has 0 saturated heterocycles. The minimum atomic E-state index is -0.503. The first-order valence-corrected chi connectivity index (χ1v) is 5.40. The van der Waals surface area contributed by atoms with Crippen LogP contribution in [-0.4, -0.2) is 9.13 Å². The molecule has 0 aliphatic carbocycles. The standard InChI is InChI=1S/C12H14N4O2/c1-15-10(14-8-6-4-3-5-7-8)9(13)11(17)16(2)12(15)18/h3-7,14H,13H2,1-2H3. The van der Waals surface area contributed by atoms with Crippen molar-refractivity contribution in [1.82, 2.24) is 9.13 Å². The van der Waals surface area contributed by atoms with Crippen LogP contribution in [0.1, 0.15) is 0 Å². The van der Waals surface area contributed by atoms with Crippen LogP contribution in [0.4, 0.5) is 17.2 Å². The number of rotatable bonds is 2. The maximum absolute atomic E-state index is 11.8. The van der Waals surface area contributed by atoms with Crippen molar-refractivity contribution < 1.29 is 0 Å². The predicted molar refractivity (Wildman–Crippen MR) is 71.1 cm³/mol. The van der Waals surface area contributed by atoms with E-state index in [1.54, 1.807) is 7.05 Å². The molecule has 2 aromatic rings. The summed E-state index contributed by atoms with van der Waals surface area (Å²) in [4.78, 5) is 23.5. The normalized spacial score (nSPS) is 10.3. The smallest absolute Gasteiger partial charge is 0.332 e. The molecule has 0 bridgehead atoms. The molecule has 1 aromatic carbocycles. The zero-order valence-corrected chi connectivity index (χ0v) is 10.2. The molecule has 0 fully saturated rings. The van der Waals surface area contributed by atoms with Crippen molar-refractivity contribution in [2.24, 2.45) is 14.1 Å². The third-order valence-corrected chi connectivity index (χ3v) is 2.74. The molecule has 0 saturated carbocycles. The minimum Gasteiger partial charge on any atom is -0.391 e. The van der Waals surface area contributed by atoms with Crippen molar-refractivity contribution in [2.45, 2.75) is 0 Å². The van der Waals surface area contributed by atoms with Crippen LogP contribution in [0.3, 0.4) is 0 Å². The van der Waals surface area contributed by atoms with E-state index in [0.717, 1.165) is 10.3 Å². The molecule has 0 radical (unpaired) electrons. The molecule has 0 aliphatic rings. The highest BCUT2D eigenvalue weighted by molar-refractivity contribution is 5.68. The number of para-hydroxylation sites is 1. The zero-order chi connectivity index (χ0) is 13.3. The summed E-state index contributed by atoms with van der Waals surface area (Å²) in [6, 6.07) is 9.20. The molecular weight excluding hydrogens is 232 g/mol. The molecule has 3 N–H and O–H groups in total. The number of nitrogens with two attached hydrogens (primary N) is 1. The highest BCUT2D eigenvalue weighted by Gasteiger charge is 2.12. The van der Waals surface area contributed by atoms with E-state index in [1.165, 1.54) is 11.6 Å². The van der Waals surface area contributed by atoms with Gasteiger partial charge in [-0.2, -0.15) is 0 Å². The summed E-state index contributed by atoms with van der Waals surface area (Å²) in [5, 5.41) is 2.97. The van der Waals surface area contributed by atoms with E-state index in [0.29, 0.717) is 5.82 Å². The van der Waals surface area contributed by atoms with Gasteiger partial charge in [-0.1, -0.05) is 18.2 Å². The molecular formula is C12H14N4O2. The first kappa shape index (κ1) is 12.0. The second-order valence-electron chi connectivity index (χ2n) is 3.96. The first-order valence-electron chi connectivity index (χ1n) is 5.40. The van der Waals surface area contributed by atoms with Crippen LogP contribution >= 0.6 is 0 Å². The van der Waals surface area contributed by atoms with Crippen LogP contribution in [0.15, 0.2) is 39.9 Å². The molecule has 6 heteroatoms. The van der Waals surface area contributed by atoms with Crippen LogP contribution in [0.2, 0.25) is 0 Å². The Bertz CT molecular complexity index is 648. The van der Waals surface area contributed by atoms with Gasteiger partial charge in [0.25, 0.3) is 5.56 Å². The monoisotopic (exact) mass is 246 g/mol. The number of anilines is 3. The summed E-state index contributed by atoms with van der Waals surface area (Å²) >= 11 is 0. The molecule has 18 heavy (non-hydrogen) atoms. The summed E-state index contributed by atoms with van der Waals surface area (Å²) in [6.45, 7) is 0. The SMILES string of the molecule is Cn1c(Nc2ccccc2)c(N)c(=O)n(C)c1=O. The third kappa shape index (κ3) is 1.88. The van der Waals surface area contributed by atoms with Gasteiger partial charge < -0.3 is 11.1 Å². The lowest BCUT2D eigenvalue weighted by Gasteiger charge is -2.14. The predicted octanol–water partition coefficient (Wildman–Crippen LogP) is 0.410. The first-order chi connectivity index (χ1) is 8.52. The molecule has 2 rings (SSSR count). The van der Waals surface area contributed by atoms with Gasteiger partial charge in [-0.3, -0.25) is 13.9 Å². The van der Waals surface area contributed by atoms with E-state index in [9.17, 15) is 9.59 Å². The number of hydrogen-bond acceptors (Lipinski definition) is 4. The van der Waals surface area contributed by atoms with Crippen molar-refractivity contribution in [3.8, 4) is 0 Å². The lowest BCUT2D eigenvalue weighted by Crippen LogP contribution is -2.39. The molecule has 0 atom stereocenters. The summed E-state index contributed by atoms with van der Waals surface area (Å²) in [7, 11) is 2.96. The Morgan fingerprint density at radius 2 is 1.67 bits per heavy atom. The van der Waals surface area contributed by atoms with Crippen molar-refractivity contribution in [3.05, 3.63) is 51.2 Å².